The lowest BCUT2D eigenvalue weighted by atomic mass is 10.0. The Morgan fingerprint density at radius 2 is 2.32 bits per heavy atom. The molecule has 3 rings (SSSR count). The second kappa shape index (κ2) is 4.53. The molecule has 1 N–H and O–H groups in total. The van der Waals surface area contributed by atoms with Crippen LogP contribution in [-0.4, -0.2) is 35.7 Å². The third-order valence-electron chi connectivity index (χ3n) is 4.44. The predicted octanol–water partition coefficient (Wildman–Crippen LogP) is 1.52. The third-order valence-corrected chi connectivity index (χ3v) is 4.44. The first-order chi connectivity index (χ1) is 9.15. The molecule has 1 amide bonds. The molecule has 1 aliphatic heterocycles. The van der Waals surface area contributed by atoms with Gasteiger partial charge in [-0.1, -0.05) is 6.07 Å². The lowest BCUT2D eigenvalue weighted by Crippen LogP contribution is -2.37. The summed E-state index contributed by atoms with van der Waals surface area (Å²) in [4.78, 5) is 13.7. The molecule has 1 heterocycles. The van der Waals surface area contributed by atoms with Gasteiger partial charge in [0.1, 0.15) is 5.75 Å². The van der Waals surface area contributed by atoms with Crippen molar-refractivity contribution in [3.63, 3.8) is 0 Å². The molecule has 0 spiro atoms. The van der Waals surface area contributed by atoms with Gasteiger partial charge < -0.3 is 14.7 Å². The molecule has 0 bridgehead atoms. The molecule has 1 aliphatic carbocycles. The van der Waals surface area contributed by atoms with Gasteiger partial charge in [-0.2, -0.15) is 0 Å². The summed E-state index contributed by atoms with van der Waals surface area (Å²) >= 11 is 0. The molecule has 1 aromatic carbocycles. The molecular formula is C15H19NO3. The zero-order valence-corrected chi connectivity index (χ0v) is 11.3. The lowest BCUT2D eigenvalue weighted by molar-refractivity contribution is -0.132. The van der Waals surface area contributed by atoms with E-state index in [4.69, 9.17) is 4.74 Å². The zero-order chi connectivity index (χ0) is 13.6. The van der Waals surface area contributed by atoms with Crippen LogP contribution < -0.4 is 4.74 Å². The van der Waals surface area contributed by atoms with E-state index in [0.29, 0.717) is 5.92 Å². The maximum Gasteiger partial charge on any atom is 0.220 e. The largest absolute Gasteiger partial charge is 0.497 e. The number of carbonyl (C=O) groups is 1. The number of likely N-dealkylation sites (tertiary alicyclic amines) is 1. The number of carbonyl (C=O) groups excluding carboxylic acids is 1. The van der Waals surface area contributed by atoms with E-state index in [1.54, 1.807) is 14.0 Å². The van der Waals surface area contributed by atoms with Gasteiger partial charge in [0.2, 0.25) is 5.91 Å². The fraction of sp³-hybridized carbons (Fsp3) is 0.533. The number of rotatable bonds is 2. The van der Waals surface area contributed by atoms with Gasteiger partial charge in [-0.3, -0.25) is 4.79 Å². The van der Waals surface area contributed by atoms with Gasteiger partial charge in [0.05, 0.1) is 25.8 Å². The van der Waals surface area contributed by atoms with Crippen molar-refractivity contribution in [3.05, 3.63) is 29.3 Å². The number of ether oxygens (including phenoxy) is 1. The SMILES string of the molecule is COc1ccc2c(c1)C[C@@H]1C[C@@H](CO)N(C(C)=O)[C@H]21. The molecule has 3 atom stereocenters. The summed E-state index contributed by atoms with van der Waals surface area (Å²) in [6.45, 7) is 1.64. The Morgan fingerprint density at radius 3 is 2.95 bits per heavy atom. The quantitative estimate of drug-likeness (QED) is 0.878. The van der Waals surface area contributed by atoms with Crippen molar-refractivity contribution in [1.29, 1.82) is 0 Å². The van der Waals surface area contributed by atoms with Crippen LogP contribution >= 0.6 is 0 Å². The van der Waals surface area contributed by atoms with E-state index in [1.165, 1.54) is 11.1 Å². The van der Waals surface area contributed by atoms with E-state index in [0.717, 1.165) is 18.6 Å². The molecule has 102 valence electrons. The average molecular weight is 261 g/mol. The van der Waals surface area contributed by atoms with E-state index in [-0.39, 0.29) is 24.6 Å². The fourth-order valence-corrected chi connectivity index (χ4v) is 3.72. The van der Waals surface area contributed by atoms with Crippen LogP contribution in [0.5, 0.6) is 5.75 Å². The van der Waals surface area contributed by atoms with Crippen LogP contribution in [0, 0.1) is 5.92 Å². The molecule has 1 saturated heterocycles. The van der Waals surface area contributed by atoms with Gasteiger partial charge in [-0.05, 0) is 42.0 Å². The number of methoxy groups -OCH3 is 1. The number of aliphatic hydroxyl groups excluding tert-OH is 1. The molecular weight excluding hydrogens is 242 g/mol. The standard InChI is InChI=1S/C15H19NO3/c1-9(18)16-12(8-17)6-11-5-10-7-13(19-2)3-4-14(10)15(11)16/h3-4,7,11-12,15,17H,5-6,8H2,1-2H3/t11-,12+,15+/m1/s1. The molecule has 0 radical (unpaired) electrons. The zero-order valence-electron chi connectivity index (χ0n) is 11.3. The number of amides is 1. The first kappa shape index (κ1) is 12.5. The van der Waals surface area contributed by atoms with Gasteiger partial charge in [-0.25, -0.2) is 0 Å². The molecule has 1 fully saturated rings. The number of hydrogen-bond donors (Lipinski definition) is 1. The molecule has 0 saturated carbocycles. The summed E-state index contributed by atoms with van der Waals surface area (Å²) in [6, 6.07) is 6.19. The van der Waals surface area contributed by atoms with Gasteiger partial charge in [0.25, 0.3) is 0 Å². The topological polar surface area (TPSA) is 49.8 Å². The molecule has 2 aliphatic rings. The molecule has 4 heteroatoms. The van der Waals surface area contributed by atoms with Crippen molar-refractivity contribution < 1.29 is 14.6 Å². The van der Waals surface area contributed by atoms with E-state index in [1.807, 2.05) is 11.0 Å². The number of benzene rings is 1. The highest BCUT2D eigenvalue weighted by Gasteiger charge is 2.47. The van der Waals surface area contributed by atoms with E-state index < -0.39 is 0 Å². The lowest BCUT2D eigenvalue weighted by Gasteiger charge is -2.28. The molecule has 0 aromatic heterocycles. The van der Waals surface area contributed by atoms with Crippen molar-refractivity contribution in [2.75, 3.05) is 13.7 Å². The Morgan fingerprint density at radius 1 is 1.53 bits per heavy atom. The van der Waals surface area contributed by atoms with Gasteiger partial charge in [-0.15, -0.1) is 0 Å². The van der Waals surface area contributed by atoms with Gasteiger partial charge in [0, 0.05) is 6.92 Å². The van der Waals surface area contributed by atoms with Gasteiger partial charge in [0.15, 0.2) is 0 Å². The highest BCUT2D eigenvalue weighted by Crippen LogP contribution is 2.49. The fourth-order valence-electron chi connectivity index (χ4n) is 3.72. The summed E-state index contributed by atoms with van der Waals surface area (Å²) < 4.78 is 5.26. The van der Waals surface area contributed by atoms with Crippen LogP contribution in [-0.2, 0) is 11.2 Å². The third kappa shape index (κ3) is 1.82. The number of fused-ring (bicyclic) bond motifs is 3. The molecule has 0 unspecified atom stereocenters. The van der Waals surface area contributed by atoms with Crippen LogP contribution in [0.15, 0.2) is 18.2 Å². The van der Waals surface area contributed by atoms with Crippen molar-refractivity contribution in [1.82, 2.24) is 4.90 Å². The molecule has 1 aromatic rings. The summed E-state index contributed by atoms with van der Waals surface area (Å²) in [5.41, 5.74) is 2.49. The first-order valence-electron chi connectivity index (χ1n) is 6.72. The van der Waals surface area contributed by atoms with Crippen molar-refractivity contribution in [2.45, 2.75) is 31.8 Å². The van der Waals surface area contributed by atoms with E-state index in [9.17, 15) is 9.90 Å². The van der Waals surface area contributed by atoms with Crippen LogP contribution in [0.2, 0.25) is 0 Å². The highest BCUT2D eigenvalue weighted by atomic mass is 16.5. The minimum absolute atomic E-state index is 0.0252. The average Bonchev–Trinajstić information content (AvgIpc) is 2.92. The smallest absolute Gasteiger partial charge is 0.220 e. The maximum atomic E-state index is 11.9. The van der Waals surface area contributed by atoms with Crippen LogP contribution in [0.1, 0.15) is 30.5 Å². The van der Waals surface area contributed by atoms with Crippen LogP contribution in [0.3, 0.4) is 0 Å². The van der Waals surface area contributed by atoms with Gasteiger partial charge >= 0.3 is 0 Å². The second-order valence-electron chi connectivity index (χ2n) is 5.47. The summed E-state index contributed by atoms with van der Waals surface area (Å²) in [5, 5.41) is 9.46. The van der Waals surface area contributed by atoms with Crippen molar-refractivity contribution >= 4 is 5.91 Å². The normalized spacial score (nSPS) is 28.2. The Bertz CT molecular complexity index is 514. The number of aliphatic hydroxyl groups is 1. The predicted molar refractivity (Wildman–Crippen MR) is 70.9 cm³/mol. The number of nitrogens with zero attached hydrogens (tertiary/aromatic N) is 1. The Hall–Kier alpha value is -1.55. The van der Waals surface area contributed by atoms with Crippen molar-refractivity contribution in [2.24, 2.45) is 5.92 Å². The van der Waals surface area contributed by atoms with E-state index >= 15 is 0 Å². The molecule has 19 heavy (non-hydrogen) atoms. The Labute approximate surface area is 113 Å². The van der Waals surface area contributed by atoms with Crippen LogP contribution in [0.25, 0.3) is 0 Å². The Balaban J connectivity index is 1.99. The Kier molecular flexibility index (Phi) is 2.97. The monoisotopic (exact) mass is 261 g/mol. The highest BCUT2D eigenvalue weighted by molar-refractivity contribution is 5.75. The number of hydrogen-bond acceptors (Lipinski definition) is 3. The maximum absolute atomic E-state index is 11.9. The molecule has 4 nitrogen and oxygen atoms in total. The minimum Gasteiger partial charge on any atom is -0.497 e. The summed E-state index contributed by atoms with van der Waals surface area (Å²) in [7, 11) is 1.67. The summed E-state index contributed by atoms with van der Waals surface area (Å²) in [5.74, 6) is 1.35. The van der Waals surface area contributed by atoms with Crippen molar-refractivity contribution in [3.8, 4) is 5.75 Å². The van der Waals surface area contributed by atoms with E-state index in [2.05, 4.69) is 12.1 Å². The summed E-state index contributed by atoms with van der Waals surface area (Å²) in [6.07, 6.45) is 1.86. The van der Waals surface area contributed by atoms with Crippen LogP contribution in [0.4, 0.5) is 0 Å². The second-order valence-corrected chi connectivity index (χ2v) is 5.47. The minimum atomic E-state index is -0.0252. The first-order valence-corrected chi connectivity index (χ1v) is 6.72.